The van der Waals surface area contributed by atoms with Gasteiger partial charge < -0.3 is 15.5 Å². The van der Waals surface area contributed by atoms with E-state index in [1.54, 1.807) is 24.3 Å². The number of hydrogen-bond donors (Lipinski definition) is 2. The number of carbonyl (C=O) groups excluding carboxylic acids is 1. The summed E-state index contributed by atoms with van der Waals surface area (Å²) in [5.74, 6) is 0.435. The molecule has 0 aromatic heterocycles. The van der Waals surface area contributed by atoms with Gasteiger partial charge in [-0.3, -0.25) is 0 Å². The maximum atomic E-state index is 11.9. The Hall–Kier alpha value is -2.06. The molecule has 118 valence electrons. The third-order valence-electron chi connectivity index (χ3n) is 3.90. The molecule has 1 aromatic carbocycles. The van der Waals surface area contributed by atoms with Gasteiger partial charge in [-0.05, 0) is 56.1 Å². The Balaban J connectivity index is 1.68. The maximum absolute atomic E-state index is 11.9. The molecule has 0 saturated carbocycles. The molecular weight excluding hydrogens is 276 g/mol. The van der Waals surface area contributed by atoms with Crippen LogP contribution in [0.5, 0.6) is 0 Å². The lowest BCUT2D eigenvalue weighted by atomic mass is 10.1. The summed E-state index contributed by atoms with van der Waals surface area (Å²) in [6.07, 6.45) is 3.93. The van der Waals surface area contributed by atoms with Crippen molar-refractivity contribution in [3.8, 4) is 6.07 Å². The van der Waals surface area contributed by atoms with E-state index < -0.39 is 0 Å². The minimum absolute atomic E-state index is 0.199. The van der Waals surface area contributed by atoms with Crippen LogP contribution in [0.25, 0.3) is 0 Å². The Kier molecular flexibility index (Phi) is 6.23. The second kappa shape index (κ2) is 8.40. The largest absolute Gasteiger partial charge is 0.338 e. The highest BCUT2D eigenvalue weighted by molar-refractivity contribution is 5.89. The zero-order valence-corrected chi connectivity index (χ0v) is 13.1. The lowest BCUT2D eigenvalue weighted by Gasteiger charge is -2.29. The fraction of sp³-hybridized carbons (Fsp3) is 0.529. The molecule has 1 saturated heterocycles. The molecule has 22 heavy (non-hydrogen) atoms. The summed E-state index contributed by atoms with van der Waals surface area (Å²) in [5, 5.41) is 14.4. The highest BCUT2D eigenvalue weighted by atomic mass is 16.2. The van der Waals surface area contributed by atoms with Crippen molar-refractivity contribution >= 4 is 11.7 Å². The number of amides is 2. The first kappa shape index (κ1) is 16.3. The first-order valence-electron chi connectivity index (χ1n) is 7.95. The van der Waals surface area contributed by atoms with Gasteiger partial charge in [0.25, 0.3) is 0 Å². The second-order valence-corrected chi connectivity index (χ2v) is 5.99. The van der Waals surface area contributed by atoms with Crippen LogP contribution in [-0.4, -0.2) is 37.1 Å². The van der Waals surface area contributed by atoms with E-state index in [0.29, 0.717) is 23.7 Å². The number of benzene rings is 1. The number of piperidine rings is 1. The minimum Gasteiger partial charge on any atom is -0.338 e. The van der Waals surface area contributed by atoms with Gasteiger partial charge in [0.2, 0.25) is 0 Å². The number of rotatable bonds is 5. The van der Waals surface area contributed by atoms with Crippen molar-refractivity contribution in [1.29, 1.82) is 5.26 Å². The number of likely N-dealkylation sites (tertiary alicyclic amines) is 1. The molecule has 2 N–H and O–H groups in total. The highest BCUT2D eigenvalue weighted by Gasteiger charge is 2.14. The van der Waals surface area contributed by atoms with E-state index >= 15 is 0 Å². The lowest BCUT2D eigenvalue weighted by Crippen LogP contribution is -2.39. The molecule has 2 amide bonds. The number of carbonyl (C=O) groups is 1. The van der Waals surface area contributed by atoms with E-state index in [1.165, 1.54) is 32.4 Å². The molecule has 5 heteroatoms. The fourth-order valence-corrected chi connectivity index (χ4v) is 2.72. The molecule has 1 aliphatic heterocycles. The van der Waals surface area contributed by atoms with Crippen LogP contribution in [-0.2, 0) is 0 Å². The van der Waals surface area contributed by atoms with Crippen LogP contribution in [0, 0.1) is 17.2 Å². The molecule has 5 nitrogen and oxygen atoms in total. The van der Waals surface area contributed by atoms with Crippen LogP contribution in [0.1, 0.15) is 31.7 Å². The Morgan fingerprint density at radius 2 is 1.95 bits per heavy atom. The van der Waals surface area contributed by atoms with E-state index in [2.05, 4.69) is 28.5 Å². The van der Waals surface area contributed by atoms with Crippen LogP contribution in [0.4, 0.5) is 10.5 Å². The van der Waals surface area contributed by atoms with Crippen molar-refractivity contribution in [2.75, 3.05) is 31.5 Å². The average Bonchev–Trinajstić information content (AvgIpc) is 2.55. The molecule has 1 atom stereocenters. The van der Waals surface area contributed by atoms with Gasteiger partial charge in [-0.2, -0.15) is 5.26 Å². The number of hydrogen-bond acceptors (Lipinski definition) is 3. The second-order valence-electron chi connectivity index (χ2n) is 5.99. The molecule has 0 bridgehead atoms. The SMILES string of the molecule is CC(CNC(=O)Nc1ccc(C#N)cc1)CN1CCCCC1. The van der Waals surface area contributed by atoms with E-state index in [4.69, 9.17) is 5.26 Å². The summed E-state index contributed by atoms with van der Waals surface area (Å²) in [5.41, 5.74) is 1.28. The van der Waals surface area contributed by atoms with Crippen molar-refractivity contribution in [1.82, 2.24) is 10.2 Å². The number of urea groups is 1. The Bertz CT molecular complexity index is 514. The molecular formula is C17H24N4O. The molecule has 1 aliphatic rings. The van der Waals surface area contributed by atoms with Crippen molar-refractivity contribution < 1.29 is 4.79 Å². The van der Waals surface area contributed by atoms with Gasteiger partial charge in [0.05, 0.1) is 11.6 Å². The predicted molar refractivity (Wildman–Crippen MR) is 87.6 cm³/mol. The van der Waals surface area contributed by atoms with E-state index in [1.807, 2.05) is 0 Å². The van der Waals surface area contributed by atoms with Crippen molar-refractivity contribution in [2.45, 2.75) is 26.2 Å². The first-order chi connectivity index (χ1) is 10.7. The zero-order valence-electron chi connectivity index (χ0n) is 13.1. The van der Waals surface area contributed by atoms with Gasteiger partial charge in [0.1, 0.15) is 0 Å². The first-order valence-corrected chi connectivity index (χ1v) is 7.95. The van der Waals surface area contributed by atoms with Crippen LogP contribution in [0.15, 0.2) is 24.3 Å². The summed E-state index contributed by atoms with van der Waals surface area (Å²) >= 11 is 0. The van der Waals surface area contributed by atoms with Crippen molar-refractivity contribution in [3.05, 3.63) is 29.8 Å². The topological polar surface area (TPSA) is 68.2 Å². The smallest absolute Gasteiger partial charge is 0.319 e. The molecule has 1 fully saturated rings. The van der Waals surface area contributed by atoms with Crippen LogP contribution in [0.3, 0.4) is 0 Å². The van der Waals surface area contributed by atoms with Gasteiger partial charge in [-0.25, -0.2) is 4.79 Å². The Morgan fingerprint density at radius 3 is 2.59 bits per heavy atom. The molecule has 1 aromatic rings. The maximum Gasteiger partial charge on any atom is 0.319 e. The van der Waals surface area contributed by atoms with Crippen LogP contribution >= 0.6 is 0 Å². The highest BCUT2D eigenvalue weighted by Crippen LogP contribution is 2.11. The minimum atomic E-state index is -0.199. The van der Waals surface area contributed by atoms with Gasteiger partial charge >= 0.3 is 6.03 Å². The molecule has 2 rings (SSSR count). The average molecular weight is 300 g/mol. The van der Waals surface area contributed by atoms with Gasteiger partial charge in [0.15, 0.2) is 0 Å². The van der Waals surface area contributed by atoms with Crippen molar-refractivity contribution in [2.24, 2.45) is 5.92 Å². The van der Waals surface area contributed by atoms with E-state index in [0.717, 1.165) is 6.54 Å². The van der Waals surface area contributed by atoms with Gasteiger partial charge in [0, 0.05) is 18.8 Å². The number of nitrogens with one attached hydrogen (secondary N) is 2. The van der Waals surface area contributed by atoms with Gasteiger partial charge in [-0.1, -0.05) is 13.3 Å². The number of nitriles is 1. The number of nitrogens with zero attached hydrogens (tertiary/aromatic N) is 2. The quantitative estimate of drug-likeness (QED) is 0.878. The monoisotopic (exact) mass is 300 g/mol. The third kappa shape index (κ3) is 5.38. The molecule has 1 unspecified atom stereocenters. The summed E-state index contributed by atoms with van der Waals surface area (Å²) in [7, 11) is 0. The molecule has 0 spiro atoms. The third-order valence-corrected chi connectivity index (χ3v) is 3.90. The Morgan fingerprint density at radius 1 is 1.27 bits per heavy atom. The number of anilines is 1. The predicted octanol–water partition coefficient (Wildman–Crippen LogP) is 2.80. The van der Waals surface area contributed by atoms with E-state index in [9.17, 15) is 4.79 Å². The van der Waals surface area contributed by atoms with Crippen LogP contribution in [0.2, 0.25) is 0 Å². The summed E-state index contributed by atoms with van der Waals surface area (Å²) in [4.78, 5) is 14.3. The zero-order chi connectivity index (χ0) is 15.8. The fourth-order valence-electron chi connectivity index (χ4n) is 2.72. The molecule has 1 heterocycles. The lowest BCUT2D eigenvalue weighted by molar-refractivity contribution is 0.198. The Labute approximate surface area is 132 Å². The normalized spacial score (nSPS) is 16.5. The molecule has 0 radical (unpaired) electrons. The standard InChI is InChI=1S/C17H24N4O/c1-14(13-21-9-3-2-4-10-21)12-19-17(22)20-16-7-5-15(11-18)6-8-16/h5-8,14H,2-4,9-10,12-13H2,1H3,(H2,19,20,22). The summed E-state index contributed by atoms with van der Waals surface area (Å²) < 4.78 is 0. The van der Waals surface area contributed by atoms with Crippen molar-refractivity contribution in [3.63, 3.8) is 0 Å². The summed E-state index contributed by atoms with van der Waals surface area (Å²) in [6, 6.07) is 8.70. The van der Waals surface area contributed by atoms with E-state index in [-0.39, 0.29) is 6.03 Å². The van der Waals surface area contributed by atoms with Gasteiger partial charge in [-0.15, -0.1) is 0 Å². The van der Waals surface area contributed by atoms with Crippen LogP contribution < -0.4 is 10.6 Å². The summed E-state index contributed by atoms with van der Waals surface area (Å²) in [6.45, 7) is 6.23. The molecule has 0 aliphatic carbocycles.